The molecular formula is C19H13N7OS2. The average Bonchev–Trinajstić information content (AvgIpc) is 3.48. The molecule has 0 aliphatic carbocycles. The Labute approximate surface area is 173 Å². The number of nitrogens with zero attached hydrogens (tertiary/aromatic N) is 6. The number of rotatable bonds is 4. The van der Waals surface area contributed by atoms with Crippen LogP contribution in [-0.2, 0) is 0 Å². The molecule has 29 heavy (non-hydrogen) atoms. The van der Waals surface area contributed by atoms with Gasteiger partial charge in [0.2, 0.25) is 0 Å². The smallest absolute Gasteiger partial charge is 0.269 e. The van der Waals surface area contributed by atoms with Crippen LogP contribution in [0.3, 0.4) is 0 Å². The first-order valence-corrected chi connectivity index (χ1v) is 10.3. The summed E-state index contributed by atoms with van der Waals surface area (Å²) in [5, 5.41) is 21.9. The molecule has 0 fully saturated rings. The second-order valence-electron chi connectivity index (χ2n) is 6.21. The van der Waals surface area contributed by atoms with E-state index in [9.17, 15) is 4.79 Å². The monoisotopic (exact) mass is 419 g/mol. The van der Waals surface area contributed by atoms with Crippen LogP contribution in [0.2, 0.25) is 0 Å². The van der Waals surface area contributed by atoms with Crippen LogP contribution >= 0.6 is 22.9 Å². The van der Waals surface area contributed by atoms with Gasteiger partial charge in [-0.15, -0.1) is 26.6 Å². The Bertz CT molecular complexity index is 1310. The summed E-state index contributed by atoms with van der Waals surface area (Å²) >= 11 is 2.68. The highest BCUT2D eigenvalue weighted by atomic mass is 32.1. The fourth-order valence-corrected chi connectivity index (χ4v) is 4.10. The van der Waals surface area contributed by atoms with Crippen LogP contribution in [0.5, 0.6) is 0 Å². The van der Waals surface area contributed by atoms with E-state index in [-0.39, 0.29) is 5.91 Å². The van der Waals surface area contributed by atoms with E-state index in [1.165, 1.54) is 0 Å². The van der Waals surface area contributed by atoms with E-state index in [4.69, 9.17) is 5.10 Å². The van der Waals surface area contributed by atoms with Crippen LogP contribution in [0.4, 0.5) is 5.69 Å². The van der Waals surface area contributed by atoms with Gasteiger partial charge in [0.15, 0.2) is 11.5 Å². The van der Waals surface area contributed by atoms with Gasteiger partial charge in [-0.05, 0) is 54.2 Å². The maximum absolute atomic E-state index is 12.3. The molecule has 0 unspecified atom stereocenters. The fraction of sp³-hybridized carbons (Fsp3) is 0.0526. The molecule has 10 heteroatoms. The van der Waals surface area contributed by atoms with Gasteiger partial charge in [0.05, 0.1) is 16.3 Å². The van der Waals surface area contributed by atoms with Crippen LogP contribution in [0.1, 0.15) is 15.4 Å². The van der Waals surface area contributed by atoms with Crippen molar-refractivity contribution in [1.29, 1.82) is 0 Å². The molecule has 5 rings (SSSR count). The Hall–Kier alpha value is -3.50. The highest BCUT2D eigenvalue weighted by molar-refractivity contribution is 7.13. The maximum Gasteiger partial charge on any atom is 0.269 e. The average molecular weight is 419 g/mol. The molecule has 0 aliphatic heterocycles. The topological polar surface area (TPSA) is 98.0 Å². The second-order valence-corrected chi connectivity index (χ2v) is 7.91. The number of hydrogen-bond donors (Lipinski definition) is 1. The number of aryl methyl sites for hydroxylation is 1. The molecule has 8 nitrogen and oxygen atoms in total. The van der Waals surface area contributed by atoms with Crippen molar-refractivity contribution in [2.75, 3.05) is 5.32 Å². The molecule has 4 heterocycles. The molecule has 0 bridgehead atoms. The molecule has 1 aromatic carbocycles. The number of hydrogen-bond acceptors (Lipinski definition) is 8. The third kappa shape index (κ3) is 3.28. The van der Waals surface area contributed by atoms with E-state index in [0.29, 0.717) is 27.7 Å². The summed E-state index contributed by atoms with van der Waals surface area (Å²) in [7, 11) is 0. The van der Waals surface area contributed by atoms with Crippen LogP contribution < -0.4 is 5.32 Å². The lowest BCUT2D eigenvalue weighted by Crippen LogP contribution is -2.11. The van der Waals surface area contributed by atoms with Gasteiger partial charge < -0.3 is 5.32 Å². The Morgan fingerprint density at radius 3 is 2.62 bits per heavy atom. The van der Waals surface area contributed by atoms with Crippen LogP contribution in [0.25, 0.3) is 27.6 Å². The zero-order chi connectivity index (χ0) is 19.8. The van der Waals surface area contributed by atoms with Gasteiger partial charge in [0.25, 0.3) is 5.91 Å². The van der Waals surface area contributed by atoms with Crippen molar-refractivity contribution in [1.82, 2.24) is 29.4 Å². The van der Waals surface area contributed by atoms with Gasteiger partial charge in [-0.1, -0.05) is 22.7 Å². The first-order valence-electron chi connectivity index (χ1n) is 8.66. The van der Waals surface area contributed by atoms with Gasteiger partial charge in [0, 0.05) is 11.3 Å². The lowest BCUT2D eigenvalue weighted by Gasteiger charge is -2.06. The van der Waals surface area contributed by atoms with Gasteiger partial charge in [-0.2, -0.15) is 9.61 Å². The molecule has 0 spiro atoms. The highest BCUT2D eigenvalue weighted by Gasteiger charge is 2.14. The molecule has 5 aromatic rings. The third-order valence-corrected chi connectivity index (χ3v) is 5.99. The fourth-order valence-electron chi connectivity index (χ4n) is 2.85. The van der Waals surface area contributed by atoms with E-state index in [1.54, 1.807) is 22.8 Å². The number of carbonyl (C=O) groups is 1. The quantitative estimate of drug-likeness (QED) is 0.474. The molecule has 0 saturated heterocycles. The van der Waals surface area contributed by atoms with Gasteiger partial charge in [-0.25, -0.2) is 0 Å². The number of amides is 1. The van der Waals surface area contributed by atoms with E-state index in [2.05, 4.69) is 25.1 Å². The lowest BCUT2D eigenvalue weighted by atomic mass is 10.1. The Kier molecular flexibility index (Phi) is 4.34. The van der Waals surface area contributed by atoms with E-state index in [0.717, 1.165) is 27.7 Å². The molecule has 0 radical (unpaired) electrons. The summed E-state index contributed by atoms with van der Waals surface area (Å²) in [6, 6.07) is 15.3. The van der Waals surface area contributed by atoms with E-state index in [1.807, 2.05) is 53.9 Å². The Morgan fingerprint density at radius 2 is 1.90 bits per heavy atom. The maximum atomic E-state index is 12.3. The lowest BCUT2D eigenvalue weighted by molar-refractivity contribution is 0.103. The van der Waals surface area contributed by atoms with Gasteiger partial charge in [-0.3, -0.25) is 4.79 Å². The minimum atomic E-state index is -0.213. The van der Waals surface area contributed by atoms with Crippen LogP contribution in [-0.4, -0.2) is 35.3 Å². The largest absolute Gasteiger partial charge is 0.321 e. The predicted octanol–water partition coefficient (Wildman–Crippen LogP) is 3.93. The summed E-state index contributed by atoms with van der Waals surface area (Å²) in [6.07, 6.45) is 0. The number of nitrogens with one attached hydrogen (secondary N) is 1. The zero-order valence-electron chi connectivity index (χ0n) is 15.1. The van der Waals surface area contributed by atoms with Crippen molar-refractivity contribution in [2.45, 2.75) is 6.92 Å². The molecule has 0 atom stereocenters. The zero-order valence-corrected chi connectivity index (χ0v) is 16.7. The van der Waals surface area contributed by atoms with Crippen molar-refractivity contribution in [3.8, 4) is 22.0 Å². The van der Waals surface area contributed by atoms with Crippen molar-refractivity contribution in [3.63, 3.8) is 0 Å². The number of thiophene rings is 1. The highest BCUT2D eigenvalue weighted by Crippen LogP contribution is 2.25. The summed E-state index contributed by atoms with van der Waals surface area (Å²) < 4.78 is 5.54. The number of carbonyl (C=O) groups excluding carboxylic acids is 1. The van der Waals surface area contributed by atoms with E-state index >= 15 is 0 Å². The first-order chi connectivity index (χ1) is 14.2. The number of anilines is 1. The minimum absolute atomic E-state index is 0.213. The van der Waals surface area contributed by atoms with Crippen molar-refractivity contribution >= 4 is 40.1 Å². The Balaban J connectivity index is 1.42. The minimum Gasteiger partial charge on any atom is -0.321 e. The van der Waals surface area contributed by atoms with Gasteiger partial charge >= 0.3 is 0 Å². The van der Waals surface area contributed by atoms with Crippen molar-refractivity contribution in [2.24, 2.45) is 0 Å². The molecule has 0 saturated carbocycles. The van der Waals surface area contributed by atoms with E-state index < -0.39 is 0 Å². The number of fused-ring (bicyclic) bond motifs is 1. The molecule has 4 aromatic heterocycles. The number of aromatic nitrogens is 6. The molecule has 142 valence electrons. The summed E-state index contributed by atoms with van der Waals surface area (Å²) in [5.41, 5.74) is 3.71. The summed E-state index contributed by atoms with van der Waals surface area (Å²) in [5.74, 6) is 0.504. The SMILES string of the molecule is Cc1nnsc1C(=O)Nc1ccc(-c2ccc3nnc(-c4cccs4)n3n2)cc1. The predicted molar refractivity (Wildman–Crippen MR) is 112 cm³/mol. The standard InChI is InChI=1S/C19H13N7OS2/c1-11-17(29-25-21-11)19(27)20-13-6-4-12(5-7-13)14-8-9-16-22-23-18(26(16)24-14)15-3-2-10-28-15/h2-10H,1H3,(H,20,27). The molecule has 0 aliphatic rings. The molecule has 1 amide bonds. The normalized spacial score (nSPS) is 11.1. The van der Waals surface area contributed by atoms with Gasteiger partial charge in [0.1, 0.15) is 4.88 Å². The van der Waals surface area contributed by atoms with Crippen LogP contribution in [0.15, 0.2) is 53.9 Å². The van der Waals surface area contributed by atoms with Crippen LogP contribution in [0, 0.1) is 6.92 Å². The third-order valence-electron chi connectivity index (χ3n) is 4.30. The number of benzene rings is 1. The first kappa shape index (κ1) is 17.6. The van der Waals surface area contributed by atoms with Crippen molar-refractivity contribution < 1.29 is 4.79 Å². The molecular weight excluding hydrogens is 406 g/mol. The van der Waals surface area contributed by atoms with Crippen molar-refractivity contribution in [3.05, 3.63) is 64.5 Å². The summed E-state index contributed by atoms with van der Waals surface area (Å²) in [6.45, 7) is 1.76. The summed E-state index contributed by atoms with van der Waals surface area (Å²) in [4.78, 5) is 13.8. The Morgan fingerprint density at radius 1 is 1.03 bits per heavy atom. The molecule has 1 N–H and O–H groups in total. The second kappa shape index (κ2) is 7.15.